The monoisotopic (exact) mass is 280 g/mol. The number of carbonyl (C=O) groups excluding carboxylic acids is 1. The third-order valence-electron chi connectivity index (χ3n) is 2.11. The molecule has 82 valence electrons. The van der Waals surface area contributed by atoms with E-state index in [1.807, 2.05) is 6.92 Å². The number of aryl methyl sites for hydroxylation is 1. The maximum Gasteiger partial charge on any atom is 0.232 e. The molecule has 0 aliphatic heterocycles. The van der Waals surface area contributed by atoms with E-state index in [1.54, 1.807) is 10.9 Å². The molecule has 0 aliphatic rings. The van der Waals surface area contributed by atoms with Crippen molar-refractivity contribution >= 4 is 21.7 Å². The van der Waals surface area contributed by atoms with E-state index in [4.69, 9.17) is 0 Å². The number of nitrogens with zero attached hydrogens (tertiary/aromatic N) is 4. The standard InChI is InChI=1S/C10H9BrN4O/c1-2-15-9(7(11)5-14-15)10(16)8-6-12-3-4-13-8/h3-6H,2H2,1H3. The number of carbonyl (C=O) groups is 1. The van der Waals surface area contributed by atoms with Gasteiger partial charge < -0.3 is 0 Å². The smallest absolute Gasteiger partial charge is 0.232 e. The first kappa shape index (κ1) is 10.9. The molecule has 5 nitrogen and oxygen atoms in total. The molecule has 0 unspecified atom stereocenters. The molecule has 0 bridgehead atoms. The Morgan fingerprint density at radius 1 is 1.44 bits per heavy atom. The Hall–Kier alpha value is -1.56. The minimum atomic E-state index is -0.181. The van der Waals surface area contributed by atoms with Crippen LogP contribution in [0.25, 0.3) is 0 Å². The van der Waals surface area contributed by atoms with Crippen molar-refractivity contribution in [2.45, 2.75) is 13.5 Å². The van der Waals surface area contributed by atoms with E-state index in [0.717, 1.165) is 0 Å². The molecule has 0 saturated heterocycles. The quantitative estimate of drug-likeness (QED) is 0.803. The van der Waals surface area contributed by atoms with Crippen LogP contribution in [0.15, 0.2) is 29.3 Å². The Bertz CT molecular complexity index is 509. The van der Waals surface area contributed by atoms with E-state index in [-0.39, 0.29) is 5.78 Å². The van der Waals surface area contributed by atoms with Gasteiger partial charge in [0.2, 0.25) is 5.78 Å². The van der Waals surface area contributed by atoms with Crippen LogP contribution in [0.1, 0.15) is 23.1 Å². The molecule has 0 aliphatic carbocycles. The third kappa shape index (κ3) is 1.88. The Kier molecular flexibility index (Phi) is 3.09. The summed E-state index contributed by atoms with van der Waals surface area (Å²) in [7, 11) is 0. The molecule has 0 fully saturated rings. The highest BCUT2D eigenvalue weighted by Crippen LogP contribution is 2.18. The maximum atomic E-state index is 12.1. The highest BCUT2D eigenvalue weighted by atomic mass is 79.9. The highest BCUT2D eigenvalue weighted by Gasteiger charge is 2.19. The summed E-state index contributed by atoms with van der Waals surface area (Å²) in [5, 5.41) is 4.08. The Labute approximate surface area is 101 Å². The van der Waals surface area contributed by atoms with Gasteiger partial charge in [0.15, 0.2) is 0 Å². The summed E-state index contributed by atoms with van der Waals surface area (Å²) < 4.78 is 2.30. The fourth-order valence-corrected chi connectivity index (χ4v) is 1.84. The second kappa shape index (κ2) is 4.52. The van der Waals surface area contributed by atoms with Gasteiger partial charge in [-0.25, -0.2) is 4.98 Å². The molecular weight excluding hydrogens is 272 g/mol. The van der Waals surface area contributed by atoms with E-state index in [9.17, 15) is 4.79 Å². The van der Waals surface area contributed by atoms with Gasteiger partial charge in [-0.05, 0) is 22.9 Å². The van der Waals surface area contributed by atoms with Crippen molar-refractivity contribution < 1.29 is 4.79 Å². The fourth-order valence-electron chi connectivity index (χ4n) is 1.37. The first-order valence-corrected chi connectivity index (χ1v) is 5.55. The number of hydrogen-bond donors (Lipinski definition) is 0. The molecule has 0 N–H and O–H groups in total. The van der Waals surface area contributed by atoms with Crippen LogP contribution in [0.5, 0.6) is 0 Å². The molecule has 6 heteroatoms. The number of hydrogen-bond acceptors (Lipinski definition) is 4. The number of rotatable bonds is 3. The zero-order valence-corrected chi connectivity index (χ0v) is 10.2. The lowest BCUT2D eigenvalue weighted by molar-refractivity contribution is 0.102. The molecule has 0 amide bonds. The van der Waals surface area contributed by atoms with Gasteiger partial charge in [0.05, 0.1) is 16.9 Å². The number of aromatic nitrogens is 4. The van der Waals surface area contributed by atoms with Crippen molar-refractivity contribution in [2.75, 3.05) is 0 Å². The van der Waals surface area contributed by atoms with Gasteiger partial charge in [0.1, 0.15) is 11.4 Å². The second-order valence-electron chi connectivity index (χ2n) is 3.08. The van der Waals surface area contributed by atoms with E-state index >= 15 is 0 Å². The van der Waals surface area contributed by atoms with E-state index in [2.05, 4.69) is 31.0 Å². The summed E-state index contributed by atoms with van der Waals surface area (Å²) in [5.41, 5.74) is 0.821. The Morgan fingerprint density at radius 2 is 2.25 bits per heavy atom. The van der Waals surface area contributed by atoms with Crippen LogP contribution in [0.3, 0.4) is 0 Å². The molecule has 2 rings (SSSR count). The molecule has 2 heterocycles. The van der Waals surface area contributed by atoms with Gasteiger partial charge in [-0.2, -0.15) is 5.10 Å². The highest BCUT2D eigenvalue weighted by molar-refractivity contribution is 9.10. The molecule has 16 heavy (non-hydrogen) atoms. The first-order valence-electron chi connectivity index (χ1n) is 4.76. The topological polar surface area (TPSA) is 60.7 Å². The molecular formula is C10H9BrN4O. The molecule has 0 spiro atoms. The normalized spacial score (nSPS) is 10.4. The Balaban J connectivity index is 2.45. The average Bonchev–Trinajstić information content (AvgIpc) is 2.70. The lowest BCUT2D eigenvalue weighted by atomic mass is 10.2. The summed E-state index contributed by atoms with van der Waals surface area (Å²) in [6.07, 6.45) is 6.08. The van der Waals surface area contributed by atoms with Gasteiger partial charge in [0, 0.05) is 18.9 Å². The van der Waals surface area contributed by atoms with Crippen molar-refractivity contribution in [2.24, 2.45) is 0 Å². The lowest BCUT2D eigenvalue weighted by Gasteiger charge is -2.03. The maximum absolute atomic E-state index is 12.1. The predicted octanol–water partition coefficient (Wildman–Crippen LogP) is 1.69. The molecule has 0 atom stereocenters. The van der Waals surface area contributed by atoms with Crippen molar-refractivity contribution in [3.05, 3.63) is 40.6 Å². The van der Waals surface area contributed by atoms with Crippen LogP contribution < -0.4 is 0 Å². The van der Waals surface area contributed by atoms with Crippen LogP contribution in [0.4, 0.5) is 0 Å². The SMILES string of the molecule is CCn1ncc(Br)c1C(=O)c1cnccn1. The van der Waals surface area contributed by atoms with Crippen LogP contribution in [-0.4, -0.2) is 25.5 Å². The summed E-state index contributed by atoms with van der Waals surface area (Å²) in [5.74, 6) is -0.181. The van der Waals surface area contributed by atoms with E-state index < -0.39 is 0 Å². The van der Waals surface area contributed by atoms with Gasteiger partial charge in [-0.1, -0.05) is 0 Å². The summed E-state index contributed by atoms with van der Waals surface area (Å²) in [4.78, 5) is 20.0. The van der Waals surface area contributed by atoms with Crippen LogP contribution in [0.2, 0.25) is 0 Å². The summed E-state index contributed by atoms with van der Waals surface area (Å²) in [6.45, 7) is 2.56. The second-order valence-corrected chi connectivity index (χ2v) is 3.93. The van der Waals surface area contributed by atoms with Gasteiger partial charge in [-0.15, -0.1) is 0 Å². The zero-order valence-electron chi connectivity index (χ0n) is 8.59. The fraction of sp³-hybridized carbons (Fsp3) is 0.200. The third-order valence-corrected chi connectivity index (χ3v) is 2.69. The average molecular weight is 281 g/mol. The van der Waals surface area contributed by atoms with Crippen molar-refractivity contribution in [1.82, 2.24) is 19.7 Å². The summed E-state index contributed by atoms with van der Waals surface area (Å²) in [6, 6.07) is 0. The van der Waals surface area contributed by atoms with Crippen LogP contribution >= 0.6 is 15.9 Å². The lowest BCUT2D eigenvalue weighted by Crippen LogP contribution is -2.12. The van der Waals surface area contributed by atoms with Crippen molar-refractivity contribution in [3.63, 3.8) is 0 Å². The van der Waals surface area contributed by atoms with Crippen molar-refractivity contribution in [3.8, 4) is 0 Å². The molecule has 0 saturated carbocycles. The molecule has 0 aromatic carbocycles. The zero-order chi connectivity index (χ0) is 11.5. The van der Waals surface area contributed by atoms with Crippen molar-refractivity contribution in [1.29, 1.82) is 0 Å². The minimum absolute atomic E-state index is 0.181. The molecule has 2 aromatic heterocycles. The molecule has 0 radical (unpaired) electrons. The van der Waals surface area contributed by atoms with Gasteiger partial charge >= 0.3 is 0 Å². The van der Waals surface area contributed by atoms with E-state index in [0.29, 0.717) is 22.4 Å². The largest absolute Gasteiger partial charge is 0.285 e. The van der Waals surface area contributed by atoms with Crippen LogP contribution in [0, 0.1) is 0 Å². The minimum Gasteiger partial charge on any atom is -0.285 e. The van der Waals surface area contributed by atoms with E-state index in [1.165, 1.54) is 18.6 Å². The number of ketones is 1. The van der Waals surface area contributed by atoms with Gasteiger partial charge in [0.25, 0.3) is 0 Å². The van der Waals surface area contributed by atoms with Gasteiger partial charge in [-0.3, -0.25) is 14.5 Å². The summed E-state index contributed by atoms with van der Waals surface area (Å²) >= 11 is 3.30. The number of halogens is 1. The first-order chi connectivity index (χ1) is 7.74. The van der Waals surface area contributed by atoms with Crippen LogP contribution in [-0.2, 0) is 6.54 Å². The Morgan fingerprint density at radius 3 is 2.88 bits per heavy atom. The predicted molar refractivity (Wildman–Crippen MR) is 61.1 cm³/mol. The molecule has 2 aromatic rings.